The van der Waals surface area contributed by atoms with Crippen LogP contribution in [-0.2, 0) is 12.8 Å². The molecule has 6 rings (SSSR count). The Morgan fingerprint density at radius 3 is 1.86 bits per heavy atom. The molecule has 0 unspecified atom stereocenters. The van der Waals surface area contributed by atoms with E-state index in [0.29, 0.717) is 0 Å². The van der Waals surface area contributed by atoms with Gasteiger partial charge >= 0.3 is 0 Å². The van der Waals surface area contributed by atoms with Gasteiger partial charge < -0.3 is 4.57 Å². The van der Waals surface area contributed by atoms with Gasteiger partial charge in [0.15, 0.2) is 0 Å². The number of aromatic nitrogens is 1. The van der Waals surface area contributed by atoms with Crippen LogP contribution >= 0.6 is 15.9 Å². The average Bonchev–Trinajstić information content (AvgIpc) is 3.07. The molecule has 0 fully saturated rings. The fourth-order valence-corrected chi connectivity index (χ4v) is 5.10. The summed E-state index contributed by atoms with van der Waals surface area (Å²) in [6, 6.07) is 31.0. The molecule has 0 radical (unpaired) electrons. The molecule has 1 nitrogen and oxygen atoms in total. The van der Waals surface area contributed by atoms with Crippen molar-refractivity contribution in [1.29, 1.82) is 0 Å². The largest absolute Gasteiger partial charge is 0.309 e. The summed E-state index contributed by atoms with van der Waals surface area (Å²) in [5.41, 5.74) is 9.40. The minimum atomic E-state index is 1.09. The van der Waals surface area contributed by atoms with Gasteiger partial charge in [-0.2, -0.15) is 0 Å². The Kier molecular flexibility index (Phi) is 3.51. The van der Waals surface area contributed by atoms with E-state index in [-0.39, 0.29) is 0 Å². The lowest BCUT2D eigenvalue weighted by molar-refractivity contribution is 0.937. The number of hydrogen-bond acceptors (Lipinski definition) is 0. The second-order valence-corrected chi connectivity index (χ2v) is 8.43. The number of halogens is 1. The summed E-state index contributed by atoms with van der Waals surface area (Å²) in [6.45, 7) is 0. The summed E-state index contributed by atoms with van der Waals surface area (Å²) in [6.07, 6.45) is 2.18. The van der Waals surface area contributed by atoms with Crippen LogP contribution in [0.4, 0.5) is 0 Å². The molecule has 0 N–H and O–H groups in total. The third-order valence-corrected chi connectivity index (χ3v) is 6.44. The summed E-state index contributed by atoms with van der Waals surface area (Å²) in [5.74, 6) is 0. The van der Waals surface area contributed by atoms with Gasteiger partial charge in [0.25, 0.3) is 0 Å². The minimum absolute atomic E-state index is 1.09. The number of hydrogen-bond donors (Lipinski definition) is 0. The van der Waals surface area contributed by atoms with E-state index >= 15 is 0 Å². The van der Waals surface area contributed by atoms with Crippen molar-refractivity contribution in [3.63, 3.8) is 0 Å². The van der Waals surface area contributed by atoms with Gasteiger partial charge in [-0.3, -0.25) is 0 Å². The van der Waals surface area contributed by atoms with E-state index in [2.05, 4.69) is 105 Å². The zero-order valence-corrected chi connectivity index (χ0v) is 16.9. The quantitative estimate of drug-likeness (QED) is 0.266. The lowest BCUT2D eigenvalue weighted by atomic mass is 9.85. The molecular formula is C26H18BrN. The molecule has 5 aromatic rings. The predicted octanol–water partition coefficient (Wildman–Crippen LogP) is 7.31. The summed E-state index contributed by atoms with van der Waals surface area (Å²) in [5, 5.41) is 2.62. The first-order chi connectivity index (χ1) is 13.8. The molecule has 0 saturated carbocycles. The number of rotatable bonds is 1. The number of benzene rings is 4. The topological polar surface area (TPSA) is 4.93 Å². The molecule has 1 heterocycles. The zero-order chi connectivity index (χ0) is 18.7. The lowest BCUT2D eigenvalue weighted by Crippen LogP contribution is -2.05. The van der Waals surface area contributed by atoms with Crippen LogP contribution in [-0.4, -0.2) is 4.57 Å². The minimum Gasteiger partial charge on any atom is -0.309 e. The Morgan fingerprint density at radius 2 is 1.18 bits per heavy atom. The summed E-state index contributed by atoms with van der Waals surface area (Å²) in [4.78, 5) is 0. The third kappa shape index (κ3) is 2.31. The van der Waals surface area contributed by atoms with Crippen molar-refractivity contribution in [3.8, 4) is 16.8 Å². The highest BCUT2D eigenvalue weighted by Gasteiger charge is 2.18. The van der Waals surface area contributed by atoms with E-state index in [4.69, 9.17) is 0 Å². The lowest BCUT2D eigenvalue weighted by Gasteiger charge is -2.21. The Morgan fingerprint density at radius 1 is 0.607 bits per heavy atom. The van der Waals surface area contributed by atoms with Crippen LogP contribution in [0.5, 0.6) is 0 Å². The molecule has 0 aliphatic heterocycles. The highest BCUT2D eigenvalue weighted by atomic mass is 79.9. The van der Waals surface area contributed by atoms with Crippen LogP contribution in [0.25, 0.3) is 38.6 Å². The molecule has 0 atom stereocenters. The Hall–Kier alpha value is -2.84. The van der Waals surface area contributed by atoms with E-state index in [1.54, 1.807) is 0 Å². The number of aryl methyl sites for hydroxylation is 2. The average molecular weight is 424 g/mol. The first-order valence-electron chi connectivity index (χ1n) is 9.70. The van der Waals surface area contributed by atoms with Crippen molar-refractivity contribution in [1.82, 2.24) is 4.57 Å². The second-order valence-electron chi connectivity index (χ2n) is 7.51. The SMILES string of the molecule is Brc1ccc2c(c1)CCc1cc(-n3c4ccccc4c4ccccc43)ccc1-2. The standard InChI is InChI=1S/C26H18BrN/c27-19-11-13-21-17(15-19)9-10-18-16-20(12-14-22(18)21)28-25-7-3-1-5-23(25)24-6-2-4-8-26(24)28/h1-8,11-16H,9-10H2. The zero-order valence-electron chi connectivity index (χ0n) is 15.3. The molecule has 4 aromatic carbocycles. The van der Waals surface area contributed by atoms with Gasteiger partial charge in [-0.05, 0) is 71.5 Å². The maximum absolute atomic E-state index is 3.61. The van der Waals surface area contributed by atoms with Crippen molar-refractivity contribution in [3.05, 3.63) is 101 Å². The molecular weight excluding hydrogens is 406 g/mol. The molecule has 0 saturated heterocycles. The first kappa shape index (κ1) is 16.1. The number of fused-ring (bicyclic) bond motifs is 6. The molecule has 0 bridgehead atoms. The highest BCUT2D eigenvalue weighted by molar-refractivity contribution is 9.10. The van der Waals surface area contributed by atoms with Crippen LogP contribution in [0, 0.1) is 0 Å². The fraction of sp³-hybridized carbons (Fsp3) is 0.0769. The molecule has 1 aliphatic rings. The van der Waals surface area contributed by atoms with E-state index in [1.165, 1.54) is 49.7 Å². The van der Waals surface area contributed by atoms with Gasteiger partial charge in [-0.1, -0.05) is 64.5 Å². The predicted molar refractivity (Wildman–Crippen MR) is 121 cm³/mol. The van der Waals surface area contributed by atoms with Gasteiger partial charge in [0.1, 0.15) is 0 Å². The number of para-hydroxylation sites is 2. The summed E-state index contributed by atoms with van der Waals surface area (Å²) >= 11 is 3.61. The van der Waals surface area contributed by atoms with Gasteiger partial charge in [0.05, 0.1) is 11.0 Å². The fourth-order valence-electron chi connectivity index (χ4n) is 4.69. The molecule has 0 spiro atoms. The van der Waals surface area contributed by atoms with Gasteiger partial charge in [0, 0.05) is 20.9 Å². The normalized spacial score (nSPS) is 12.9. The Labute approximate surface area is 172 Å². The van der Waals surface area contributed by atoms with Crippen molar-refractivity contribution in [2.75, 3.05) is 0 Å². The highest BCUT2D eigenvalue weighted by Crippen LogP contribution is 2.38. The monoisotopic (exact) mass is 423 g/mol. The van der Waals surface area contributed by atoms with Gasteiger partial charge in [0.2, 0.25) is 0 Å². The van der Waals surface area contributed by atoms with E-state index < -0.39 is 0 Å². The van der Waals surface area contributed by atoms with Crippen molar-refractivity contribution < 1.29 is 0 Å². The molecule has 1 aliphatic carbocycles. The smallest absolute Gasteiger partial charge is 0.0541 e. The maximum Gasteiger partial charge on any atom is 0.0541 e. The van der Waals surface area contributed by atoms with Crippen molar-refractivity contribution in [2.45, 2.75) is 12.8 Å². The van der Waals surface area contributed by atoms with E-state index in [1.807, 2.05) is 0 Å². The van der Waals surface area contributed by atoms with Gasteiger partial charge in [-0.25, -0.2) is 0 Å². The van der Waals surface area contributed by atoms with Crippen molar-refractivity contribution in [2.24, 2.45) is 0 Å². The van der Waals surface area contributed by atoms with E-state index in [9.17, 15) is 0 Å². The molecule has 134 valence electrons. The summed E-state index contributed by atoms with van der Waals surface area (Å²) < 4.78 is 3.57. The van der Waals surface area contributed by atoms with Crippen LogP contribution in [0.2, 0.25) is 0 Å². The molecule has 1 aromatic heterocycles. The number of nitrogens with zero attached hydrogens (tertiary/aromatic N) is 1. The Bertz CT molecular complexity index is 1320. The molecule has 28 heavy (non-hydrogen) atoms. The van der Waals surface area contributed by atoms with Gasteiger partial charge in [-0.15, -0.1) is 0 Å². The molecule has 0 amide bonds. The maximum atomic E-state index is 3.61. The second kappa shape index (κ2) is 6.08. The molecule has 2 heteroatoms. The van der Waals surface area contributed by atoms with Crippen LogP contribution < -0.4 is 0 Å². The Balaban J connectivity index is 1.60. The van der Waals surface area contributed by atoms with Crippen molar-refractivity contribution >= 4 is 37.7 Å². The van der Waals surface area contributed by atoms with E-state index in [0.717, 1.165) is 17.3 Å². The van der Waals surface area contributed by atoms with Crippen LogP contribution in [0.1, 0.15) is 11.1 Å². The summed E-state index contributed by atoms with van der Waals surface area (Å²) in [7, 11) is 0. The van der Waals surface area contributed by atoms with Crippen LogP contribution in [0.15, 0.2) is 89.4 Å². The first-order valence-corrected chi connectivity index (χ1v) is 10.5. The third-order valence-electron chi connectivity index (χ3n) is 5.95. The van der Waals surface area contributed by atoms with Crippen LogP contribution in [0.3, 0.4) is 0 Å².